The predicted octanol–water partition coefficient (Wildman–Crippen LogP) is 0.616. The van der Waals surface area contributed by atoms with Gasteiger partial charge in [0.1, 0.15) is 17.5 Å². The van der Waals surface area contributed by atoms with Gasteiger partial charge in [-0.1, -0.05) is 6.07 Å². The molecule has 0 amide bonds. The summed E-state index contributed by atoms with van der Waals surface area (Å²) in [4.78, 5) is 20.4. The number of benzene rings is 1. The summed E-state index contributed by atoms with van der Waals surface area (Å²) in [7, 11) is 0. The smallest absolute Gasteiger partial charge is 0.349 e. The molecule has 0 atom stereocenters. The van der Waals surface area contributed by atoms with Gasteiger partial charge in [-0.25, -0.2) is 13.6 Å². The van der Waals surface area contributed by atoms with E-state index in [0.717, 1.165) is 12.1 Å². The summed E-state index contributed by atoms with van der Waals surface area (Å²) in [6.07, 6.45) is 0.00801. The minimum Gasteiger partial charge on any atom is -0.368 e. The highest BCUT2D eigenvalue weighted by Crippen LogP contribution is 2.12. The van der Waals surface area contributed by atoms with Crippen molar-refractivity contribution in [3.05, 3.63) is 51.7 Å². The molecule has 1 heterocycles. The number of halogens is 2. The number of anilines is 1. The summed E-state index contributed by atoms with van der Waals surface area (Å²) < 4.78 is 26.0. The van der Waals surface area contributed by atoms with E-state index in [-0.39, 0.29) is 23.8 Å². The van der Waals surface area contributed by atoms with Gasteiger partial charge >= 0.3 is 5.69 Å². The number of nitrogens with two attached hydrogens (primary N) is 1. The average Bonchev–Trinajstić information content (AvgIpc) is 2.21. The minimum atomic E-state index is -0.706. The van der Waals surface area contributed by atoms with Crippen LogP contribution in [0.3, 0.4) is 0 Å². The lowest BCUT2D eigenvalue weighted by atomic mass is 10.1. The number of H-pyrrole nitrogens is 1. The zero-order valence-corrected chi connectivity index (χ0v) is 8.58. The Hall–Kier alpha value is -2.31. The van der Waals surface area contributed by atoms with E-state index in [1.165, 1.54) is 6.07 Å². The van der Waals surface area contributed by atoms with Crippen LogP contribution in [-0.4, -0.2) is 15.0 Å². The van der Waals surface area contributed by atoms with Gasteiger partial charge in [0.25, 0.3) is 0 Å². The SMILES string of the molecule is Nc1nc(Cc2ccc(F)cc2F)[nH]c(=O)n1. The molecule has 0 aliphatic rings. The van der Waals surface area contributed by atoms with Crippen molar-refractivity contribution in [1.29, 1.82) is 0 Å². The van der Waals surface area contributed by atoms with Gasteiger partial charge in [0, 0.05) is 12.5 Å². The topological polar surface area (TPSA) is 84.7 Å². The van der Waals surface area contributed by atoms with Crippen LogP contribution in [0.2, 0.25) is 0 Å². The van der Waals surface area contributed by atoms with Crippen LogP contribution in [0, 0.1) is 11.6 Å². The van der Waals surface area contributed by atoms with Crippen LogP contribution in [0.15, 0.2) is 23.0 Å². The molecular formula is C10H8F2N4O. The highest BCUT2D eigenvalue weighted by molar-refractivity contribution is 5.23. The van der Waals surface area contributed by atoms with Crippen LogP contribution < -0.4 is 11.4 Å². The van der Waals surface area contributed by atoms with Gasteiger partial charge in [-0.3, -0.25) is 4.98 Å². The first-order valence-electron chi connectivity index (χ1n) is 4.71. The van der Waals surface area contributed by atoms with Gasteiger partial charge in [-0.05, 0) is 11.6 Å². The third-order valence-electron chi connectivity index (χ3n) is 2.09. The lowest BCUT2D eigenvalue weighted by molar-refractivity contribution is 0.573. The monoisotopic (exact) mass is 238 g/mol. The number of aromatic amines is 1. The van der Waals surface area contributed by atoms with Crippen molar-refractivity contribution in [3.8, 4) is 0 Å². The molecule has 0 aliphatic carbocycles. The van der Waals surface area contributed by atoms with E-state index in [1.54, 1.807) is 0 Å². The van der Waals surface area contributed by atoms with Crippen LogP contribution in [-0.2, 0) is 6.42 Å². The molecule has 1 aromatic heterocycles. The number of nitrogens with zero attached hydrogens (tertiary/aromatic N) is 2. The van der Waals surface area contributed by atoms with E-state index in [1.807, 2.05) is 0 Å². The molecule has 0 aliphatic heterocycles. The van der Waals surface area contributed by atoms with Gasteiger partial charge in [-0.15, -0.1) is 0 Å². The molecule has 88 valence electrons. The van der Waals surface area contributed by atoms with Crippen LogP contribution in [0.1, 0.15) is 11.4 Å². The first kappa shape index (κ1) is 11.2. The normalized spacial score (nSPS) is 10.5. The Morgan fingerprint density at radius 1 is 1.29 bits per heavy atom. The molecule has 0 unspecified atom stereocenters. The Morgan fingerprint density at radius 3 is 2.71 bits per heavy atom. The summed E-state index contributed by atoms with van der Waals surface area (Å²) in [5, 5.41) is 0. The van der Waals surface area contributed by atoms with Crippen LogP contribution in [0.25, 0.3) is 0 Å². The van der Waals surface area contributed by atoms with Gasteiger partial charge in [0.05, 0.1) is 0 Å². The molecule has 0 fully saturated rings. The highest BCUT2D eigenvalue weighted by atomic mass is 19.1. The molecule has 0 radical (unpaired) electrons. The van der Waals surface area contributed by atoms with Crippen molar-refractivity contribution < 1.29 is 8.78 Å². The fraction of sp³-hybridized carbons (Fsp3) is 0.100. The summed E-state index contributed by atoms with van der Waals surface area (Å²) in [5.74, 6) is -1.38. The van der Waals surface area contributed by atoms with E-state index in [4.69, 9.17) is 5.73 Å². The number of aromatic nitrogens is 3. The van der Waals surface area contributed by atoms with Gasteiger partial charge < -0.3 is 5.73 Å². The molecule has 2 rings (SSSR count). The molecular weight excluding hydrogens is 230 g/mol. The average molecular weight is 238 g/mol. The quantitative estimate of drug-likeness (QED) is 0.803. The molecule has 17 heavy (non-hydrogen) atoms. The molecule has 0 spiro atoms. The number of hydrogen-bond donors (Lipinski definition) is 2. The van der Waals surface area contributed by atoms with Crippen molar-refractivity contribution in [3.63, 3.8) is 0 Å². The Labute approximate surface area is 94.3 Å². The molecule has 7 heteroatoms. The Balaban J connectivity index is 2.34. The number of nitrogen functional groups attached to an aromatic ring is 1. The fourth-order valence-corrected chi connectivity index (χ4v) is 1.38. The number of nitrogens with one attached hydrogen (secondary N) is 1. The molecule has 3 N–H and O–H groups in total. The second kappa shape index (κ2) is 4.28. The van der Waals surface area contributed by atoms with E-state index in [2.05, 4.69) is 15.0 Å². The summed E-state index contributed by atoms with van der Waals surface area (Å²) in [6.45, 7) is 0. The fourth-order valence-electron chi connectivity index (χ4n) is 1.38. The number of rotatable bonds is 2. The van der Waals surface area contributed by atoms with Gasteiger partial charge in [0.15, 0.2) is 0 Å². The van der Waals surface area contributed by atoms with Crippen molar-refractivity contribution >= 4 is 5.95 Å². The molecule has 0 bridgehead atoms. The van der Waals surface area contributed by atoms with Crippen molar-refractivity contribution in [1.82, 2.24) is 15.0 Å². The lowest BCUT2D eigenvalue weighted by Gasteiger charge is -2.03. The van der Waals surface area contributed by atoms with Crippen LogP contribution >= 0.6 is 0 Å². The largest absolute Gasteiger partial charge is 0.368 e. The zero-order chi connectivity index (χ0) is 12.4. The van der Waals surface area contributed by atoms with Crippen molar-refractivity contribution in [2.75, 3.05) is 5.73 Å². The van der Waals surface area contributed by atoms with E-state index in [9.17, 15) is 13.6 Å². The van der Waals surface area contributed by atoms with Crippen LogP contribution in [0.4, 0.5) is 14.7 Å². The van der Waals surface area contributed by atoms with E-state index in [0.29, 0.717) is 0 Å². The maximum Gasteiger partial charge on any atom is 0.349 e. The lowest BCUT2D eigenvalue weighted by Crippen LogP contribution is -2.17. The molecule has 1 aromatic carbocycles. The predicted molar refractivity (Wildman–Crippen MR) is 56.2 cm³/mol. The Bertz CT molecular complexity index is 611. The standard InChI is InChI=1S/C10H8F2N4O/c11-6-2-1-5(7(12)4-6)3-8-14-9(13)16-10(17)15-8/h1-2,4H,3H2,(H3,13,14,15,16,17). The first-order chi connectivity index (χ1) is 8.04. The summed E-state index contributed by atoms with van der Waals surface area (Å²) >= 11 is 0. The minimum absolute atomic E-state index is 0.00801. The zero-order valence-electron chi connectivity index (χ0n) is 8.58. The molecule has 5 nitrogen and oxygen atoms in total. The molecule has 0 saturated carbocycles. The van der Waals surface area contributed by atoms with Gasteiger partial charge in [-0.2, -0.15) is 9.97 Å². The molecule has 0 saturated heterocycles. The third kappa shape index (κ3) is 2.63. The Morgan fingerprint density at radius 2 is 2.06 bits per heavy atom. The maximum atomic E-state index is 13.3. The summed E-state index contributed by atoms with van der Waals surface area (Å²) in [5.41, 5.74) is 4.83. The first-order valence-corrected chi connectivity index (χ1v) is 4.71. The highest BCUT2D eigenvalue weighted by Gasteiger charge is 2.07. The van der Waals surface area contributed by atoms with Crippen molar-refractivity contribution in [2.45, 2.75) is 6.42 Å². The summed E-state index contributed by atoms with van der Waals surface area (Å²) in [6, 6.07) is 3.17. The third-order valence-corrected chi connectivity index (χ3v) is 2.09. The van der Waals surface area contributed by atoms with Gasteiger partial charge in [0.2, 0.25) is 5.95 Å². The second-order valence-electron chi connectivity index (χ2n) is 3.37. The van der Waals surface area contributed by atoms with E-state index < -0.39 is 17.3 Å². The maximum absolute atomic E-state index is 13.3. The molecule has 2 aromatic rings. The number of hydrogen-bond acceptors (Lipinski definition) is 4. The van der Waals surface area contributed by atoms with Crippen molar-refractivity contribution in [2.24, 2.45) is 0 Å². The Kier molecular flexibility index (Phi) is 2.82. The second-order valence-corrected chi connectivity index (χ2v) is 3.37. The van der Waals surface area contributed by atoms with Crippen LogP contribution in [0.5, 0.6) is 0 Å². The van der Waals surface area contributed by atoms with E-state index >= 15 is 0 Å².